The highest BCUT2D eigenvalue weighted by atomic mass is 16.3. The van der Waals surface area contributed by atoms with E-state index in [1.165, 1.54) is 5.56 Å². The number of nitrogens with zero attached hydrogens (tertiary/aromatic N) is 1. The second-order valence-corrected chi connectivity index (χ2v) is 8.17. The van der Waals surface area contributed by atoms with Crippen LogP contribution in [-0.4, -0.2) is 35.5 Å². The first-order chi connectivity index (χ1) is 12.9. The molecule has 1 saturated heterocycles. The van der Waals surface area contributed by atoms with Crippen molar-refractivity contribution in [3.05, 3.63) is 65.7 Å². The minimum absolute atomic E-state index is 0.0247. The molecule has 0 unspecified atom stereocenters. The van der Waals surface area contributed by atoms with Crippen LogP contribution in [0.2, 0.25) is 0 Å². The molecule has 3 rings (SSSR count). The van der Waals surface area contributed by atoms with Gasteiger partial charge in [0.1, 0.15) is 5.75 Å². The van der Waals surface area contributed by atoms with Crippen molar-refractivity contribution < 1.29 is 9.90 Å². The van der Waals surface area contributed by atoms with E-state index in [4.69, 9.17) is 5.73 Å². The van der Waals surface area contributed by atoms with Crippen LogP contribution >= 0.6 is 0 Å². The number of piperidine rings is 1. The molecule has 0 radical (unpaired) electrons. The lowest BCUT2D eigenvalue weighted by atomic mass is 9.68. The third-order valence-corrected chi connectivity index (χ3v) is 6.28. The zero-order chi connectivity index (χ0) is 19.4. The van der Waals surface area contributed by atoms with Crippen molar-refractivity contribution in [1.29, 1.82) is 0 Å². The first-order valence-electron chi connectivity index (χ1n) is 9.73. The Morgan fingerprint density at radius 2 is 2.00 bits per heavy atom. The molecule has 4 nitrogen and oxygen atoms in total. The number of nitrogens with two attached hydrogens (primary N) is 1. The SMILES string of the molecule is C[C@@H]1CN(C[C@@H](Cc2ccccc2)C(N)=O)CC[C@@]1(C)c1cccc(O)c1. The maximum Gasteiger partial charge on any atom is 0.222 e. The summed E-state index contributed by atoms with van der Waals surface area (Å²) in [5, 5.41) is 9.85. The molecule has 1 amide bonds. The Morgan fingerprint density at radius 3 is 2.63 bits per heavy atom. The van der Waals surface area contributed by atoms with Crippen LogP contribution < -0.4 is 5.73 Å². The molecule has 0 aromatic heterocycles. The Labute approximate surface area is 162 Å². The molecule has 0 bridgehead atoms. The molecule has 0 aliphatic carbocycles. The predicted molar refractivity (Wildman–Crippen MR) is 109 cm³/mol. The van der Waals surface area contributed by atoms with Crippen LogP contribution in [0.5, 0.6) is 5.75 Å². The van der Waals surface area contributed by atoms with Crippen molar-refractivity contribution in [2.45, 2.75) is 32.1 Å². The number of amides is 1. The van der Waals surface area contributed by atoms with Gasteiger partial charge in [-0.25, -0.2) is 0 Å². The van der Waals surface area contributed by atoms with Gasteiger partial charge in [0, 0.05) is 13.1 Å². The van der Waals surface area contributed by atoms with E-state index in [9.17, 15) is 9.90 Å². The quantitative estimate of drug-likeness (QED) is 0.824. The van der Waals surface area contributed by atoms with Gasteiger partial charge >= 0.3 is 0 Å². The Morgan fingerprint density at radius 1 is 1.26 bits per heavy atom. The largest absolute Gasteiger partial charge is 0.508 e. The number of hydrogen-bond acceptors (Lipinski definition) is 3. The van der Waals surface area contributed by atoms with E-state index in [0.717, 1.165) is 25.1 Å². The Hall–Kier alpha value is -2.33. The highest BCUT2D eigenvalue weighted by Crippen LogP contribution is 2.40. The molecule has 2 aromatic rings. The number of benzene rings is 2. The third kappa shape index (κ3) is 4.51. The standard InChI is InChI=1S/C23H30N2O2/c1-17-15-25(12-11-23(17,2)20-9-6-10-21(26)14-20)16-19(22(24)27)13-18-7-4-3-5-8-18/h3-10,14,17,19,26H,11-13,15-16H2,1-2H3,(H2,24,27)/t17-,19-,23-/m1/s1. The van der Waals surface area contributed by atoms with Crippen molar-refractivity contribution in [3.63, 3.8) is 0 Å². The van der Waals surface area contributed by atoms with E-state index >= 15 is 0 Å². The molecule has 144 valence electrons. The summed E-state index contributed by atoms with van der Waals surface area (Å²) in [7, 11) is 0. The maximum absolute atomic E-state index is 12.0. The molecule has 1 fully saturated rings. The van der Waals surface area contributed by atoms with E-state index in [0.29, 0.717) is 24.6 Å². The summed E-state index contributed by atoms with van der Waals surface area (Å²) in [6.45, 7) is 7.08. The summed E-state index contributed by atoms with van der Waals surface area (Å²) < 4.78 is 0. The van der Waals surface area contributed by atoms with Crippen LogP contribution in [0.4, 0.5) is 0 Å². The molecule has 0 saturated carbocycles. The van der Waals surface area contributed by atoms with Gasteiger partial charge in [-0.2, -0.15) is 0 Å². The number of carbonyl (C=O) groups excluding carboxylic acids is 1. The van der Waals surface area contributed by atoms with E-state index < -0.39 is 0 Å². The number of rotatable bonds is 6. The molecule has 3 atom stereocenters. The normalized spacial score (nSPS) is 24.4. The molecule has 2 aromatic carbocycles. The summed E-state index contributed by atoms with van der Waals surface area (Å²) in [6, 6.07) is 17.7. The number of hydrogen-bond donors (Lipinski definition) is 2. The monoisotopic (exact) mass is 366 g/mol. The Kier molecular flexibility index (Phi) is 5.85. The maximum atomic E-state index is 12.0. The van der Waals surface area contributed by atoms with Gasteiger partial charge in [-0.05, 0) is 54.0 Å². The van der Waals surface area contributed by atoms with E-state index in [2.05, 4.69) is 24.8 Å². The Balaban J connectivity index is 1.67. The lowest BCUT2D eigenvalue weighted by Crippen LogP contribution is -2.49. The zero-order valence-electron chi connectivity index (χ0n) is 16.3. The van der Waals surface area contributed by atoms with Crippen molar-refractivity contribution in [2.75, 3.05) is 19.6 Å². The van der Waals surface area contributed by atoms with Gasteiger partial charge < -0.3 is 15.7 Å². The summed E-state index contributed by atoms with van der Waals surface area (Å²) >= 11 is 0. The van der Waals surface area contributed by atoms with Crippen LogP contribution in [0.3, 0.4) is 0 Å². The molecule has 27 heavy (non-hydrogen) atoms. The third-order valence-electron chi connectivity index (χ3n) is 6.28. The van der Waals surface area contributed by atoms with Gasteiger partial charge in [-0.1, -0.05) is 56.3 Å². The first kappa shape index (κ1) is 19.4. The number of carbonyl (C=O) groups is 1. The molecular weight excluding hydrogens is 336 g/mol. The lowest BCUT2D eigenvalue weighted by Gasteiger charge is -2.45. The molecule has 1 heterocycles. The summed E-state index contributed by atoms with van der Waals surface area (Å²) in [4.78, 5) is 14.4. The number of phenols is 1. The van der Waals surface area contributed by atoms with E-state index in [-0.39, 0.29) is 17.2 Å². The van der Waals surface area contributed by atoms with Crippen LogP contribution in [-0.2, 0) is 16.6 Å². The smallest absolute Gasteiger partial charge is 0.222 e. The van der Waals surface area contributed by atoms with E-state index in [1.54, 1.807) is 6.07 Å². The number of likely N-dealkylation sites (tertiary alicyclic amines) is 1. The molecular formula is C23H30N2O2. The van der Waals surface area contributed by atoms with Crippen LogP contribution in [0.15, 0.2) is 54.6 Å². The fraction of sp³-hybridized carbons (Fsp3) is 0.435. The van der Waals surface area contributed by atoms with Gasteiger partial charge in [0.05, 0.1) is 5.92 Å². The van der Waals surface area contributed by atoms with E-state index in [1.807, 2.05) is 42.5 Å². The molecule has 1 aliphatic heterocycles. The minimum Gasteiger partial charge on any atom is -0.508 e. The second-order valence-electron chi connectivity index (χ2n) is 8.17. The first-order valence-corrected chi connectivity index (χ1v) is 9.73. The average Bonchev–Trinajstić information content (AvgIpc) is 2.65. The topological polar surface area (TPSA) is 66.6 Å². The highest BCUT2D eigenvalue weighted by molar-refractivity contribution is 5.77. The number of primary amides is 1. The summed E-state index contributed by atoms with van der Waals surface area (Å²) in [6.07, 6.45) is 1.68. The predicted octanol–water partition coefficient (Wildman–Crippen LogP) is 3.34. The Bertz CT molecular complexity index is 777. The summed E-state index contributed by atoms with van der Waals surface area (Å²) in [5.41, 5.74) is 8.06. The summed E-state index contributed by atoms with van der Waals surface area (Å²) in [5.74, 6) is 0.329. The molecule has 3 N–H and O–H groups in total. The van der Waals surface area contributed by atoms with Gasteiger partial charge in [-0.3, -0.25) is 4.79 Å². The van der Waals surface area contributed by atoms with Crippen LogP contribution in [0.25, 0.3) is 0 Å². The van der Waals surface area contributed by atoms with Crippen molar-refractivity contribution >= 4 is 5.91 Å². The molecule has 4 heteroatoms. The van der Waals surface area contributed by atoms with Crippen molar-refractivity contribution in [1.82, 2.24) is 4.90 Å². The minimum atomic E-state index is -0.229. The van der Waals surface area contributed by atoms with Gasteiger partial charge in [0.15, 0.2) is 0 Å². The van der Waals surface area contributed by atoms with Crippen molar-refractivity contribution in [2.24, 2.45) is 17.6 Å². The van der Waals surface area contributed by atoms with Crippen LogP contribution in [0, 0.1) is 11.8 Å². The average molecular weight is 367 g/mol. The van der Waals surface area contributed by atoms with Gasteiger partial charge in [-0.15, -0.1) is 0 Å². The zero-order valence-corrected chi connectivity index (χ0v) is 16.3. The lowest BCUT2D eigenvalue weighted by molar-refractivity contribution is -0.122. The molecule has 1 aliphatic rings. The molecule has 0 spiro atoms. The second kappa shape index (κ2) is 8.13. The number of aromatic hydroxyl groups is 1. The highest BCUT2D eigenvalue weighted by Gasteiger charge is 2.38. The van der Waals surface area contributed by atoms with Gasteiger partial charge in [0.2, 0.25) is 5.91 Å². The van der Waals surface area contributed by atoms with Gasteiger partial charge in [0.25, 0.3) is 0 Å². The van der Waals surface area contributed by atoms with Crippen LogP contribution in [0.1, 0.15) is 31.4 Å². The van der Waals surface area contributed by atoms with Crippen molar-refractivity contribution in [3.8, 4) is 5.75 Å². The fourth-order valence-corrected chi connectivity index (χ4v) is 4.24. The number of phenolic OH excluding ortho intramolecular Hbond substituents is 1. The fourth-order valence-electron chi connectivity index (χ4n) is 4.24.